The molecule has 2 aromatic carbocycles. The van der Waals surface area contributed by atoms with E-state index in [1.54, 1.807) is 6.92 Å². The molecule has 5 atom stereocenters. The standard InChI is InChI=1S/C25H27N3O4/c1-3-16-10-7-11-17-21(16)26-24(32)25(17)19-18(20(27-25)14(2)29)22(30)28(23(19)31)13-12-15-8-5-4-6-9-15/h4-11,14,18-20,27,29H,3,12-13H2,1-2H3,(H,26,32)/t14-,18+,19+,20+,25+/m1/s1. The number of carbonyl (C=O) groups excluding carboxylic acids is 3. The Morgan fingerprint density at radius 1 is 1.06 bits per heavy atom. The average molecular weight is 434 g/mol. The maximum atomic E-state index is 13.7. The monoisotopic (exact) mass is 433 g/mol. The highest BCUT2D eigenvalue weighted by Gasteiger charge is 2.71. The van der Waals surface area contributed by atoms with Crippen molar-refractivity contribution in [3.63, 3.8) is 0 Å². The minimum atomic E-state index is -1.36. The number of nitrogens with zero attached hydrogens (tertiary/aromatic N) is 1. The normalized spacial score (nSPS) is 29.4. The Labute approximate surface area is 186 Å². The molecule has 7 heteroatoms. The minimum Gasteiger partial charge on any atom is -0.392 e. The predicted molar refractivity (Wildman–Crippen MR) is 119 cm³/mol. The Morgan fingerprint density at radius 2 is 1.81 bits per heavy atom. The third-order valence-corrected chi connectivity index (χ3v) is 7.23. The van der Waals surface area contributed by atoms with Crippen LogP contribution >= 0.6 is 0 Å². The summed E-state index contributed by atoms with van der Waals surface area (Å²) in [6, 6.07) is 14.6. The van der Waals surface area contributed by atoms with Crippen molar-refractivity contribution < 1.29 is 19.5 Å². The van der Waals surface area contributed by atoms with Gasteiger partial charge in [0.15, 0.2) is 0 Å². The maximum Gasteiger partial charge on any atom is 0.250 e. The van der Waals surface area contributed by atoms with E-state index in [0.717, 1.165) is 17.5 Å². The van der Waals surface area contributed by atoms with Gasteiger partial charge in [-0.25, -0.2) is 0 Å². The third-order valence-electron chi connectivity index (χ3n) is 7.23. The summed E-state index contributed by atoms with van der Waals surface area (Å²) in [5.74, 6) is -2.69. The number of likely N-dealkylation sites (tertiary alicyclic amines) is 1. The molecule has 0 saturated carbocycles. The van der Waals surface area contributed by atoms with Crippen LogP contribution in [0.15, 0.2) is 48.5 Å². The van der Waals surface area contributed by atoms with Gasteiger partial charge in [0.05, 0.1) is 17.9 Å². The topological polar surface area (TPSA) is 98.7 Å². The number of fused-ring (bicyclic) bond motifs is 4. The van der Waals surface area contributed by atoms with Gasteiger partial charge in [-0.3, -0.25) is 24.6 Å². The Hall–Kier alpha value is -3.03. The number of para-hydroxylation sites is 1. The number of nitrogens with one attached hydrogen (secondary N) is 2. The Kier molecular flexibility index (Phi) is 4.91. The lowest BCUT2D eigenvalue weighted by molar-refractivity contribution is -0.143. The molecular weight excluding hydrogens is 406 g/mol. The molecular formula is C25H27N3O4. The first kappa shape index (κ1) is 20.8. The number of aryl methyl sites for hydroxylation is 1. The summed E-state index contributed by atoms with van der Waals surface area (Å²) in [5, 5.41) is 16.7. The molecule has 2 aromatic rings. The summed E-state index contributed by atoms with van der Waals surface area (Å²) in [6.07, 6.45) is 0.364. The molecule has 32 heavy (non-hydrogen) atoms. The smallest absolute Gasteiger partial charge is 0.250 e. The first-order valence-corrected chi connectivity index (χ1v) is 11.2. The van der Waals surface area contributed by atoms with E-state index in [-0.39, 0.29) is 24.3 Å². The van der Waals surface area contributed by atoms with Crippen LogP contribution < -0.4 is 10.6 Å². The Balaban J connectivity index is 1.56. The molecule has 3 aliphatic rings. The summed E-state index contributed by atoms with van der Waals surface area (Å²) in [5.41, 5.74) is 2.04. The minimum absolute atomic E-state index is 0.251. The zero-order chi connectivity index (χ0) is 22.6. The summed E-state index contributed by atoms with van der Waals surface area (Å²) < 4.78 is 0. The molecule has 0 aromatic heterocycles. The van der Waals surface area contributed by atoms with E-state index in [0.29, 0.717) is 17.7 Å². The van der Waals surface area contributed by atoms with E-state index in [9.17, 15) is 19.5 Å². The van der Waals surface area contributed by atoms with Crippen LogP contribution in [0.2, 0.25) is 0 Å². The van der Waals surface area contributed by atoms with Gasteiger partial charge in [0, 0.05) is 23.8 Å². The Bertz CT molecular complexity index is 1100. The van der Waals surface area contributed by atoms with E-state index >= 15 is 0 Å². The highest BCUT2D eigenvalue weighted by Crippen LogP contribution is 2.53. The lowest BCUT2D eigenvalue weighted by atomic mass is 9.76. The van der Waals surface area contributed by atoms with Crippen LogP contribution in [0, 0.1) is 11.8 Å². The van der Waals surface area contributed by atoms with Crippen LogP contribution in [-0.2, 0) is 32.8 Å². The van der Waals surface area contributed by atoms with Crippen LogP contribution in [0.1, 0.15) is 30.5 Å². The molecule has 0 aliphatic carbocycles. The number of aliphatic hydroxyl groups is 1. The number of hydrogen-bond acceptors (Lipinski definition) is 5. The molecule has 3 heterocycles. The van der Waals surface area contributed by atoms with Crippen LogP contribution in [0.3, 0.4) is 0 Å². The summed E-state index contributed by atoms with van der Waals surface area (Å²) in [7, 11) is 0. The molecule has 166 valence electrons. The van der Waals surface area contributed by atoms with Gasteiger partial charge >= 0.3 is 0 Å². The fourth-order valence-electron chi connectivity index (χ4n) is 5.69. The maximum absolute atomic E-state index is 13.7. The van der Waals surface area contributed by atoms with Crippen molar-refractivity contribution in [2.45, 2.75) is 44.4 Å². The van der Waals surface area contributed by atoms with Gasteiger partial charge in [0.1, 0.15) is 5.54 Å². The van der Waals surface area contributed by atoms with Crippen molar-refractivity contribution >= 4 is 23.4 Å². The fraction of sp³-hybridized carbons (Fsp3) is 0.400. The zero-order valence-electron chi connectivity index (χ0n) is 18.2. The number of carbonyl (C=O) groups is 3. The van der Waals surface area contributed by atoms with E-state index in [4.69, 9.17) is 0 Å². The van der Waals surface area contributed by atoms with Crippen molar-refractivity contribution in [1.82, 2.24) is 10.2 Å². The number of benzene rings is 2. The quantitative estimate of drug-likeness (QED) is 0.622. The molecule has 7 nitrogen and oxygen atoms in total. The molecule has 0 unspecified atom stereocenters. The van der Waals surface area contributed by atoms with E-state index in [2.05, 4.69) is 10.6 Å². The van der Waals surface area contributed by atoms with Crippen LogP contribution in [0.4, 0.5) is 5.69 Å². The second-order valence-corrected chi connectivity index (χ2v) is 8.93. The number of anilines is 1. The van der Waals surface area contributed by atoms with Gasteiger partial charge < -0.3 is 10.4 Å². The SMILES string of the molecule is CCc1cccc2c1NC(=O)[C@]21N[C@@H]([C@@H](C)O)[C@H]2C(=O)N(CCc3ccccc3)C(=O)[C@H]21. The van der Waals surface area contributed by atoms with Crippen molar-refractivity contribution in [2.75, 3.05) is 11.9 Å². The molecule has 5 rings (SSSR count). The van der Waals surface area contributed by atoms with Crippen molar-refractivity contribution in [3.8, 4) is 0 Å². The number of hydrogen-bond donors (Lipinski definition) is 3. The summed E-state index contributed by atoms with van der Waals surface area (Å²) in [4.78, 5) is 41.8. The summed E-state index contributed by atoms with van der Waals surface area (Å²) >= 11 is 0. The van der Waals surface area contributed by atoms with Crippen LogP contribution in [-0.4, -0.2) is 46.4 Å². The van der Waals surface area contributed by atoms with Gasteiger partial charge in [-0.1, -0.05) is 55.5 Å². The summed E-state index contributed by atoms with van der Waals surface area (Å²) in [6.45, 7) is 3.85. The second-order valence-electron chi connectivity index (χ2n) is 8.93. The molecule has 2 saturated heterocycles. The average Bonchev–Trinajstić information content (AvgIpc) is 3.38. The largest absolute Gasteiger partial charge is 0.392 e. The molecule has 3 N–H and O–H groups in total. The zero-order valence-corrected chi connectivity index (χ0v) is 18.2. The Morgan fingerprint density at radius 3 is 2.50 bits per heavy atom. The fourth-order valence-corrected chi connectivity index (χ4v) is 5.69. The first-order valence-electron chi connectivity index (χ1n) is 11.2. The van der Waals surface area contributed by atoms with Gasteiger partial charge in [0.2, 0.25) is 17.7 Å². The molecule has 0 radical (unpaired) electrons. The van der Waals surface area contributed by atoms with E-state index in [1.807, 2.05) is 55.5 Å². The van der Waals surface area contributed by atoms with E-state index in [1.165, 1.54) is 4.90 Å². The highest BCUT2D eigenvalue weighted by atomic mass is 16.3. The van der Waals surface area contributed by atoms with E-state index < -0.39 is 29.5 Å². The number of rotatable bonds is 5. The molecule has 1 spiro atoms. The molecule has 3 amide bonds. The first-order chi connectivity index (χ1) is 15.4. The number of imide groups is 1. The van der Waals surface area contributed by atoms with Crippen molar-refractivity contribution in [2.24, 2.45) is 11.8 Å². The predicted octanol–water partition coefficient (Wildman–Crippen LogP) is 1.59. The van der Waals surface area contributed by atoms with Crippen LogP contribution in [0.25, 0.3) is 0 Å². The number of amides is 3. The number of aliphatic hydroxyl groups excluding tert-OH is 1. The molecule has 3 aliphatic heterocycles. The lowest BCUT2D eigenvalue weighted by Crippen LogP contribution is -2.54. The lowest BCUT2D eigenvalue weighted by Gasteiger charge is -2.30. The second kappa shape index (κ2) is 7.53. The van der Waals surface area contributed by atoms with Gasteiger partial charge in [-0.05, 0) is 30.9 Å². The van der Waals surface area contributed by atoms with Gasteiger partial charge in [0.25, 0.3) is 0 Å². The third kappa shape index (κ3) is 2.77. The van der Waals surface area contributed by atoms with Crippen molar-refractivity contribution in [3.05, 3.63) is 65.2 Å². The highest BCUT2D eigenvalue weighted by molar-refractivity contribution is 6.15. The molecule has 0 bridgehead atoms. The van der Waals surface area contributed by atoms with Gasteiger partial charge in [-0.15, -0.1) is 0 Å². The van der Waals surface area contributed by atoms with Crippen molar-refractivity contribution in [1.29, 1.82) is 0 Å². The van der Waals surface area contributed by atoms with Gasteiger partial charge in [-0.2, -0.15) is 0 Å². The molecule has 2 fully saturated rings. The van der Waals surface area contributed by atoms with Crippen LogP contribution in [0.5, 0.6) is 0 Å².